The predicted octanol–water partition coefficient (Wildman–Crippen LogP) is 6.93. The molecule has 4 N–H and O–H groups in total. The number of carbonyl (C=O) groups is 9. The number of hydrogen-bond donors (Lipinski definition) is 4. The van der Waals surface area contributed by atoms with Crippen molar-refractivity contribution in [1.29, 1.82) is 0 Å². The van der Waals surface area contributed by atoms with Gasteiger partial charge in [0.25, 0.3) is 23.6 Å². The standard InChI is InChI=1S/C65H71N9O17S/c1-38(2)60(70-92(84,85)69-56(75)19-11-12-20-59(78)91-74-57(76)25-26-58(74)77)62(80)67-39(3)61(79)68-43-23-21-40(22-24-43)37-90-65(83)71-36-45-30-42-16-8-10-18-50(42)73(45)64(82)47-32-53(87-5)55(34-51(47)71)89-28-14-6-13-27-88-54-33-48-46(31-52(54)86-4)63(81)72-44(35-66-48)29-41-15-7-9-17-49(41)72/h7-10,15-18,21-24,31-35,38-39,44-45,60,70H,6,11-14,19-20,25-30,36-37H2,1-5H3,(H,67,80)(H,68,79)(H,69,75)/t39-,44-,45-,60?/m0/s1. The summed E-state index contributed by atoms with van der Waals surface area (Å²) in [6, 6.07) is 25.2. The fourth-order valence-corrected chi connectivity index (χ4v) is 12.6. The third-order valence-corrected chi connectivity index (χ3v) is 17.2. The highest BCUT2D eigenvalue weighted by Gasteiger charge is 2.43. The quantitative estimate of drug-likeness (QED) is 0.0322. The Labute approximate surface area is 531 Å². The third kappa shape index (κ3) is 14.8. The lowest BCUT2D eigenvalue weighted by molar-refractivity contribution is -0.197. The van der Waals surface area contributed by atoms with E-state index < -0.39 is 75.9 Å². The number of methoxy groups -OCH3 is 2. The SMILES string of the molecule is COc1cc2c(cc1OCCCCCOc1cc3c(cc1OC)C(=O)N1c4ccccc4C[C@H]1CN3C(=O)OCc1ccc(NC(=O)[C@H](C)NC(=O)C(NS(=O)(=O)NC(=O)CCCCC(=O)ON3C(=O)CCC3=O)C(C)C)cc1)N=C[C@@H]1Cc3ccccc3N1C2=O. The number of para-hydroxylation sites is 2. The molecule has 5 heterocycles. The minimum Gasteiger partial charge on any atom is -0.493 e. The van der Waals surface area contributed by atoms with Crippen LogP contribution < -0.4 is 53.7 Å². The molecule has 5 aromatic rings. The molecular weight excluding hydrogens is 1210 g/mol. The summed E-state index contributed by atoms with van der Waals surface area (Å²) in [6.45, 7) is 5.01. The number of hydrogen-bond acceptors (Lipinski definition) is 18. The molecule has 8 amide bonds. The predicted molar refractivity (Wildman–Crippen MR) is 335 cm³/mol. The maximum atomic E-state index is 14.6. The zero-order chi connectivity index (χ0) is 65.4. The Morgan fingerprint density at radius 3 is 1.93 bits per heavy atom. The van der Waals surface area contributed by atoms with Crippen LogP contribution in [0.2, 0.25) is 0 Å². The number of benzene rings is 5. The van der Waals surface area contributed by atoms with Gasteiger partial charge in [0.1, 0.15) is 18.7 Å². The van der Waals surface area contributed by atoms with Gasteiger partial charge in [0, 0.05) is 67.5 Å². The van der Waals surface area contributed by atoms with Crippen LogP contribution >= 0.6 is 0 Å². The van der Waals surface area contributed by atoms with Gasteiger partial charge < -0.3 is 44.1 Å². The second kappa shape index (κ2) is 28.5. The second-order valence-corrected chi connectivity index (χ2v) is 24.5. The van der Waals surface area contributed by atoms with Crippen LogP contribution in [-0.4, -0.2) is 131 Å². The number of carbonyl (C=O) groups excluding carboxylic acids is 9. The smallest absolute Gasteiger partial charge is 0.414 e. The van der Waals surface area contributed by atoms with Gasteiger partial charge in [-0.2, -0.15) is 13.1 Å². The maximum Gasteiger partial charge on any atom is 0.414 e. The van der Waals surface area contributed by atoms with Gasteiger partial charge in [0.15, 0.2) is 23.0 Å². The monoisotopic (exact) mass is 1280 g/mol. The van der Waals surface area contributed by atoms with Gasteiger partial charge in [-0.15, -0.1) is 5.06 Å². The van der Waals surface area contributed by atoms with Crippen LogP contribution in [0.25, 0.3) is 0 Å². The van der Waals surface area contributed by atoms with E-state index in [0.29, 0.717) is 89.3 Å². The lowest BCUT2D eigenvalue weighted by Crippen LogP contribution is -2.56. The number of ether oxygens (including phenoxy) is 5. The Morgan fingerprint density at radius 2 is 1.27 bits per heavy atom. The highest BCUT2D eigenvalue weighted by atomic mass is 32.2. The maximum absolute atomic E-state index is 14.6. The van der Waals surface area contributed by atoms with Gasteiger partial charge in [0.2, 0.25) is 17.7 Å². The van der Waals surface area contributed by atoms with Crippen LogP contribution in [0.5, 0.6) is 23.0 Å². The molecule has 0 bridgehead atoms. The Bertz CT molecular complexity index is 3840. The van der Waals surface area contributed by atoms with Gasteiger partial charge >= 0.3 is 22.3 Å². The first-order chi connectivity index (χ1) is 44.2. The Kier molecular flexibility index (Phi) is 20.2. The van der Waals surface area contributed by atoms with E-state index in [9.17, 15) is 51.6 Å². The van der Waals surface area contributed by atoms with Crippen molar-refractivity contribution in [3.05, 3.63) is 125 Å². The molecule has 0 spiro atoms. The van der Waals surface area contributed by atoms with Crippen LogP contribution in [0, 0.1) is 5.92 Å². The number of imide groups is 1. The largest absolute Gasteiger partial charge is 0.493 e. The van der Waals surface area contributed by atoms with E-state index >= 15 is 0 Å². The summed E-state index contributed by atoms with van der Waals surface area (Å²) in [5.41, 5.74) is 5.93. The average molecular weight is 1280 g/mol. The Balaban J connectivity index is 0.711. The normalized spacial score (nSPS) is 16.8. The summed E-state index contributed by atoms with van der Waals surface area (Å²) >= 11 is 0. The topological polar surface area (TPSA) is 317 Å². The number of amides is 8. The van der Waals surface area contributed by atoms with Gasteiger partial charge in [-0.25, -0.2) is 14.3 Å². The van der Waals surface area contributed by atoms with Gasteiger partial charge in [-0.3, -0.25) is 48.4 Å². The van der Waals surface area contributed by atoms with Crippen LogP contribution in [0.3, 0.4) is 0 Å². The molecule has 0 aromatic heterocycles. The van der Waals surface area contributed by atoms with E-state index in [-0.39, 0.29) is 87.4 Å². The number of nitrogens with zero attached hydrogens (tertiary/aromatic N) is 5. The van der Waals surface area contributed by atoms with Gasteiger partial charge in [0.05, 0.1) is 68.6 Å². The van der Waals surface area contributed by atoms with Crippen molar-refractivity contribution < 1.29 is 80.1 Å². The Morgan fingerprint density at radius 1 is 0.663 bits per heavy atom. The number of unbranched alkanes of at least 4 members (excludes halogenated alkanes) is 3. The fraction of sp³-hybridized carbons (Fsp3) is 0.385. The lowest BCUT2D eigenvalue weighted by Gasteiger charge is -2.26. The number of nitrogens with one attached hydrogen (secondary N) is 4. The number of rotatable bonds is 26. The molecule has 484 valence electrons. The molecular formula is C65H71N9O17S. The van der Waals surface area contributed by atoms with E-state index in [0.717, 1.165) is 22.5 Å². The van der Waals surface area contributed by atoms with E-state index in [1.165, 1.54) is 26.0 Å². The summed E-state index contributed by atoms with van der Waals surface area (Å²) in [7, 11) is -1.59. The first-order valence-corrected chi connectivity index (χ1v) is 31.8. The number of fused-ring (bicyclic) bond motifs is 8. The van der Waals surface area contributed by atoms with Crippen molar-refractivity contribution in [2.45, 2.75) is 122 Å². The molecule has 92 heavy (non-hydrogen) atoms. The van der Waals surface area contributed by atoms with E-state index in [1.54, 1.807) is 72.2 Å². The minimum atomic E-state index is -4.59. The van der Waals surface area contributed by atoms with Crippen LogP contribution in [0.1, 0.15) is 116 Å². The average Bonchev–Trinajstić information content (AvgIpc) is 1.59. The first-order valence-electron chi connectivity index (χ1n) is 30.3. The first kappa shape index (κ1) is 65.1. The summed E-state index contributed by atoms with van der Waals surface area (Å²) in [5.74, 6) is -4.21. The highest BCUT2D eigenvalue weighted by Crippen LogP contribution is 2.44. The molecule has 5 aliphatic heterocycles. The van der Waals surface area contributed by atoms with Crippen LogP contribution in [0.15, 0.2) is 102 Å². The number of hydroxylamine groups is 2. The summed E-state index contributed by atoms with van der Waals surface area (Å²) in [6.07, 6.45) is 3.64. The van der Waals surface area contributed by atoms with Gasteiger partial charge in [-0.1, -0.05) is 62.4 Å². The van der Waals surface area contributed by atoms with E-state index in [4.69, 9.17) is 33.5 Å². The van der Waals surface area contributed by atoms with Crippen LogP contribution in [-0.2, 0) is 68.0 Å². The highest BCUT2D eigenvalue weighted by molar-refractivity contribution is 7.88. The summed E-state index contributed by atoms with van der Waals surface area (Å²) in [5, 5.41) is 5.61. The van der Waals surface area contributed by atoms with Crippen molar-refractivity contribution in [3.8, 4) is 23.0 Å². The molecule has 1 fully saturated rings. The number of aliphatic imine (C=N–C) groups is 1. The Hall–Kier alpha value is -9.89. The lowest BCUT2D eigenvalue weighted by atomic mass is 10.0. The second-order valence-electron chi connectivity index (χ2n) is 23.0. The van der Waals surface area contributed by atoms with Crippen molar-refractivity contribution in [3.63, 3.8) is 0 Å². The fourth-order valence-electron chi connectivity index (χ4n) is 11.4. The molecule has 0 saturated carbocycles. The summed E-state index contributed by atoms with van der Waals surface area (Å²) < 4.78 is 59.8. The van der Waals surface area contributed by atoms with Crippen molar-refractivity contribution >= 4 is 98.3 Å². The van der Waals surface area contributed by atoms with Gasteiger partial charge in [-0.05, 0) is 104 Å². The molecule has 1 saturated heterocycles. The summed E-state index contributed by atoms with van der Waals surface area (Å²) in [4.78, 5) is 132. The molecule has 5 aliphatic rings. The van der Waals surface area contributed by atoms with Crippen molar-refractivity contribution in [2.24, 2.45) is 10.9 Å². The van der Waals surface area contributed by atoms with Crippen LogP contribution in [0.4, 0.5) is 33.2 Å². The van der Waals surface area contributed by atoms with E-state index in [2.05, 4.69) is 15.4 Å². The van der Waals surface area contributed by atoms with Crippen molar-refractivity contribution in [2.75, 3.05) is 54.0 Å². The molecule has 1 unspecified atom stereocenters. The molecule has 4 atom stereocenters. The van der Waals surface area contributed by atoms with E-state index in [1.807, 2.05) is 59.5 Å². The third-order valence-electron chi connectivity index (χ3n) is 16.2. The molecule has 0 radical (unpaired) electrons. The van der Waals surface area contributed by atoms with Crippen molar-refractivity contribution in [1.82, 2.24) is 19.8 Å². The molecule has 27 heteroatoms. The number of anilines is 4. The zero-order valence-corrected chi connectivity index (χ0v) is 52.2. The molecule has 26 nitrogen and oxygen atoms in total. The molecule has 0 aliphatic carbocycles. The molecule has 5 aromatic carbocycles. The minimum absolute atomic E-state index is 0.0524. The molecule has 10 rings (SSSR count). The zero-order valence-electron chi connectivity index (χ0n) is 51.4.